The first kappa shape index (κ1) is 39.5. The Balaban J connectivity index is 0.000000396. The second-order valence-corrected chi connectivity index (χ2v) is 10.4. The molecular weight excluding hydrogens is 659 g/mol. The molecule has 0 bridgehead atoms. The predicted octanol–water partition coefficient (Wildman–Crippen LogP) is 4.16. The van der Waals surface area contributed by atoms with Crippen LogP contribution in [0.3, 0.4) is 0 Å². The maximum atomic E-state index is 10.6. The van der Waals surface area contributed by atoms with Crippen molar-refractivity contribution in [1.29, 1.82) is 0 Å². The fraction of sp³-hybridized carbons (Fsp3) is 0.542. The number of aliphatic carboxylic acids is 3. The molecule has 0 saturated carbocycles. The second kappa shape index (κ2) is 17.2. The zero-order valence-corrected chi connectivity index (χ0v) is 23.7. The minimum absolute atomic E-state index is 0.260. The number of rotatable bonds is 4. The smallest absolute Gasteiger partial charge is 0.475 e. The van der Waals surface area contributed by atoms with E-state index < -0.39 is 36.4 Å². The highest BCUT2D eigenvalue weighted by Gasteiger charge is 2.41. The minimum atomic E-state index is -5.08. The summed E-state index contributed by atoms with van der Waals surface area (Å²) < 4.78 is 101. The van der Waals surface area contributed by atoms with Crippen molar-refractivity contribution >= 4 is 29.2 Å². The van der Waals surface area contributed by atoms with Gasteiger partial charge in [-0.15, -0.1) is 11.3 Å². The molecule has 11 nitrogen and oxygen atoms in total. The highest BCUT2D eigenvalue weighted by Crippen LogP contribution is 2.34. The van der Waals surface area contributed by atoms with E-state index in [1.807, 2.05) is 24.7 Å². The molecule has 2 aromatic heterocycles. The third-order valence-electron chi connectivity index (χ3n) is 5.74. The Morgan fingerprint density at radius 2 is 1.36 bits per heavy atom. The fourth-order valence-corrected chi connectivity index (χ4v) is 4.56. The molecule has 2 aliphatic heterocycles. The van der Waals surface area contributed by atoms with Gasteiger partial charge in [-0.3, -0.25) is 14.8 Å². The number of ether oxygens (including phenoxy) is 1. The summed E-state index contributed by atoms with van der Waals surface area (Å²) in [5.74, 6) is -8.27. The van der Waals surface area contributed by atoms with Gasteiger partial charge < -0.3 is 20.1 Å². The summed E-state index contributed by atoms with van der Waals surface area (Å²) in [6.07, 6.45) is -8.33. The lowest BCUT2D eigenvalue weighted by atomic mass is 9.87. The van der Waals surface area contributed by atoms with Crippen LogP contribution in [0, 0.1) is 5.41 Å². The Labute approximate surface area is 252 Å². The number of hydrogen-bond acceptors (Lipinski definition) is 9. The third kappa shape index (κ3) is 15.8. The van der Waals surface area contributed by atoms with Crippen LogP contribution in [-0.2, 0) is 32.2 Å². The maximum Gasteiger partial charge on any atom is 0.490 e. The Kier molecular flexibility index (Phi) is 15.1. The SMILES string of the molecule is O=C(O)C(F)(F)F.O=C(O)C(F)(F)F.O=C(O)C(F)(F)F.c1cncc(CN2CCOCC3(CCN(Cc4nccs4)C3)C2)c1. The molecular formula is C24H27F9N4O7S. The van der Waals surface area contributed by atoms with Crippen LogP contribution in [0.2, 0.25) is 0 Å². The quantitative estimate of drug-likeness (QED) is 0.398. The average molecular weight is 687 g/mol. The van der Waals surface area contributed by atoms with Gasteiger partial charge in [0.25, 0.3) is 0 Å². The normalized spacial score (nSPS) is 19.1. The molecule has 3 N–H and O–H groups in total. The van der Waals surface area contributed by atoms with E-state index in [1.54, 1.807) is 11.3 Å². The number of carboxylic acids is 3. The van der Waals surface area contributed by atoms with Crippen molar-refractivity contribution in [2.45, 2.75) is 38.0 Å². The fourth-order valence-electron chi connectivity index (χ4n) is 3.90. The number of pyridine rings is 1. The van der Waals surface area contributed by atoms with Crippen LogP contribution in [0.15, 0.2) is 36.1 Å². The number of aromatic nitrogens is 2. The molecule has 0 aliphatic carbocycles. The molecule has 2 aromatic rings. The Hall–Kier alpha value is -3.56. The van der Waals surface area contributed by atoms with Gasteiger partial charge in [-0.1, -0.05) is 6.07 Å². The van der Waals surface area contributed by atoms with Crippen molar-refractivity contribution in [3.8, 4) is 0 Å². The Morgan fingerprint density at radius 1 is 0.844 bits per heavy atom. The van der Waals surface area contributed by atoms with Crippen molar-refractivity contribution in [1.82, 2.24) is 19.8 Å². The van der Waals surface area contributed by atoms with Gasteiger partial charge in [-0.25, -0.2) is 19.4 Å². The number of halogens is 9. The first-order valence-electron chi connectivity index (χ1n) is 12.3. The lowest BCUT2D eigenvalue weighted by Crippen LogP contribution is -2.40. The van der Waals surface area contributed by atoms with Crippen molar-refractivity contribution in [2.24, 2.45) is 5.41 Å². The van der Waals surface area contributed by atoms with E-state index in [1.165, 1.54) is 17.0 Å². The third-order valence-corrected chi connectivity index (χ3v) is 6.50. The maximum absolute atomic E-state index is 10.6. The van der Waals surface area contributed by atoms with Gasteiger partial charge in [0.05, 0.1) is 19.8 Å². The van der Waals surface area contributed by atoms with E-state index in [2.05, 4.69) is 31.2 Å². The van der Waals surface area contributed by atoms with Gasteiger partial charge in [-0.2, -0.15) is 39.5 Å². The molecule has 254 valence electrons. The average Bonchev–Trinajstić information content (AvgIpc) is 3.52. The largest absolute Gasteiger partial charge is 0.490 e. The van der Waals surface area contributed by atoms with Crippen molar-refractivity contribution in [2.75, 3.05) is 39.4 Å². The van der Waals surface area contributed by atoms with E-state index in [-0.39, 0.29) is 5.41 Å². The first-order valence-corrected chi connectivity index (χ1v) is 13.2. The van der Waals surface area contributed by atoms with Crippen molar-refractivity contribution in [3.63, 3.8) is 0 Å². The van der Waals surface area contributed by atoms with E-state index in [4.69, 9.17) is 34.4 Å². The summed E-state index contributed by atoms with van der Waals surface area (Å²) in [7, 11) is 0. The topological polar surface area (TPSA) is 153 Å². The number of carboxylic acid groups (broad SMARTS) is 3. The molecule has 0 aromatic carbocycles. The molecule has 0 radical (unpaired) electrons. The highest BCUT2D eigenvalue weighted by atomic mass is 32.1. The molecule has 0 amide bonds. The standard InChI is InChI=1S/C18H24N4OS.3C2HF3O2/c1-2-16(10-19-4-1)11-22-7-8-23-15-18(14-22)3-6-21(13-18)12-17-20-5-9-24-17;3*3-2(4,5)1(6)7/h1-2,4-5,9-10H,3,6-8,11-15H2;3*(H,6,7). The Morgan fingerprint density at radius 3 is 1.78 bits per heavy atom. The molecule has 45 heavy (non-hydrogen) atoms. The van der Waals surface area contributed by atoms with Crippen LogP contribution in [0.25, 0.3) is 0 Å². The van der Waals surface area contributed by atoms with E-state index >= 15 is 0 Å². The molecule has 21 heteroatoms. The van der Waals surface area contributed by atoms with E-state index in [0.717, 1.165) is 52.5 Å². The second-order valence-electron chi connectivity index (χ2n) is 9.42. The molecule has 1 spiro atoms. The zero-order chi connectivity index (χ0) is 34.5. The molecule has 1 atom stereocenters. The summed E-state index contributed by atoms with van der Waals surface area (Å²) >= 11 is 1.75. The van der Waals surface area contributed by atoms with Gasteiger partial charge in [-0.05, 0) is 24.6 Å². The van der Waals surface area contributed by atoms with Gasteiger partial charge in [0, 0.05) is 55.6 Å². The predicted molar refractivity (Wildman–Crippen MR) is 136 cm³/mol. The van der Waals surface area contributed by atoms with E-state index in [9.17, 15) is 39.5 Å². The molecule has 2 aliphatic rings. The highest BCUT2D eigenvalue weighted by molar-refractivity contribution is 7.09. The van der Waals surface area contributed by atoms with Crippen LogP contribution in [-0.4, -0.2) is 111 Å². The number of thiazole rings is 1. The lowest BCUT2D eigenvalue weighted by Gasteiger charge is -2.32. The van der Waals surface area contributed by atoms with E-state index in [0.29, 0.717) is 0 Å². The summed E-state index contributed by atoms with van der Waals surface area (Å²) in [4.78, 5) is 40.4. The monoisotopic (exact) mass is 686 g/mol. The Bertz CT molecular complexity index is 1140. The number of carbonyl (C=O) groups is 3. The van der Waals surface area contributed by atoms with Gasteiger partial charge in [0.15, 0.2) is 0 Å². The van der Waals surface area contributed by atoms with Crippen molar-refractivity contribution in [3.05, 3.63) is 46.7 Å². The number of alkyl halides is 9. The summed E-state index contributed by atoms with van der Waals surface area (Å²) in [5, 5.41) is 24.7. The summed E-state index contributed by atoms with van der Waals surface area (Å²) in [6, 6.07) is 4.18. The minimum Gasteiger partial charge on any atom is -0.475 e. The van der Waals surface area contributed by atoms with Crippen LogP contribution in [0.1, 0.15) is 17.0 Å². The number of nitrogens with zero attached hydrogens (tertiary/aromatic N) is 4. The molecule has 2 fully saturated rings. The number of hydrogen-bond donors (Lipinski definition) is 3. The molecule has 2 saturated heterocycles. The van der Waals surface area contributed by atoms with Crippen LogP contribution in [0.5, 0.6) is 0 Å². The molecule has 4 rings (SSSR count). The molecule has 1 unspecified atom stereocenters. The zero-order valence-electron chi connectivity index (χ0n) is 22.9. The lowest BCUT2D eigenvalue weighted by molar-refractivity contribution is -0.193. The number of likely N-dealkylation sites (tertiary alicyclic amines) is 1. The van der Waals surface area contributed by atoms with Crippen LogP contribution < -0.4 is 0 Å². The summed E-state index contributed by atoms with van der Waals surface area (Å²) in [6.45, 7) is 8.01. The van der Waals surface area contributed by atoms with Gasteiger partial charge in [0.2, 0.25) is 0 Å². The summed E-state index contributed by atoms with van der Waals surface area (Å²) in [5.41, 5.74) is 1.54. The van der Waals surface area contributed by atoms with Crippen LogP contribution in [0.4, 0.5) is 39.5 Å². The van der Waals surface area contributed by atoms with Gasteiger partial charge >= 0.3 is 36.4 Å². The van der Waals surface area contributed by atoms with Crippen molar-refractivity contribution < 1.29 is 74.0 Å². The molecule has 4 heterocycles. The van der Waals surface area contributed by atoms with Gasteiger partial charge in [0.1, 0.15) is 5.01 Å². The first-order chi connectivity index (χ1) is 20.6. The van der Waals surface area contributed by atoms with Crippen LogP contribution >= 0.6 is 11.3 Å².